The minimum absolute atomic E-state index is 0.0000878. The Balaban J connectivity index is 1.87. The lowest BCUT2D eigenvalue weighted by Gasteiger charge is -2.13. The van der Waals surface area contributed by atoms with Crippen LogP contribution in [0.4, 0.5) is 24.5 Å². The average Bonchev–Trinajstić information content (AvgIpc) is 2.65. The highest BCUT2D eigenvalue weighted by atomic mass is 32.2. The van der Waals surface area contributed by atoms with Crippen LogP contribution in [0, 0.1) is 17.5 Å². The smallest absolute Gasteiger partial charge is 0.261 e. The van der Waals surface area contributed by atoms with Crippen molar-refractivity contribution in [3.63, 3.8) is 0 Å². The maximum absolute atomic E-state index is 13.3. The van der Waals surface area contributed by atoms with Gasteiger partial charge in [0.15, 0.2) is 11.6 Å². The van der Waals surface area contributed by atoms with Crippen molar-refractivity contribution in [2.45, 2.75) is 4.90 Å². The number of rotatable bonds is 5. The second-order valence-electron chi connectivity index (χ2n) is 5.69. The van der Waals surface area contributed by atoms with E-state index in [0.29, 0.717) is 0 Å². The number of anilines is 2. The van der Waals surface area contributed by atoms with E-state index in [2.05, 4.69) is 10.0 Å². The van der Waals surface area contributed by atoms with E-state index in [4.69, 9.17) is 0 Å². The summed E-state index contributed by atoms with van der Waals surface area (Å²) < 4.78 is 66.5. The maximum Gasteiger partial charge on any atom is 0.261 e. The molecule has 9 heteroatoms. The largest absolute Gasteiger partial charge is 0.322 e. The molecule has 0 saturated carbocycles. The Labute approximate surface area is 158 Å². The zero-order valence-electron chi connectivity index (χ0n) is 14.1. The van der Waals surface area contributed by atoms with Crippen molar-refractivity contribution in [1.29, 1.82) is 0 Å². The molecule has 2 N–H and O–H groups in total. The Morgan fingerprint density at radius 1 is 0.821 bits per heavy atom. The maximum atomic E-state index is 13.3. The van der Waals surface area contributed by atoms with E-state index in [9.17, 15) is 26.4 Å². The lowest BCUT2D eigenvalue weighted by molar-refractivity contribution is 0.102. The highest BCUT2D eigenvalue weighted by molar-refractivity contribution is 7.92. The van der Waals surface area contributed by atoms with Crippen LogP contribution in [0.3, 0.4) is 0 Å². The predicted molar refractivity (Wildman–Crippen MR) is 98.0 cm³/mol. The number of para-hydroxylation sites is 1. The van der Waals surface area contributed by atoms with Crippen LogP contribution in [0.2, 0.25) is 0 Å². The van der Waals surface area contributed by atoms with E-state index in [-0.39, 0.29) is 21.8 Å². The molecule has 0 spiro atoms. The zero-order valence-corrected chi connectivity index (χ0v) is 14.9. The molecule has 0 heterocycles. The van der Waals surface area contributed by atoms with Gasteiger partial charge in [-0.2, -0.15) is 0 Å². The first-order chi connectivity index (χ1) is 13.3. The summed E-state index contributed by atoms with van der Waals surface area (Å²) in [6.45, 7) is 0. The molecule has 5 nitrogen and oxygen atoms in total. The molecule has 0 aliphatic carbocycles. The van der Waals surface area contributed by atoms with Gasteiger partial charge < -0.3 is 5.32 Å². The minimum Gasteiger partial charge on any atom is -0.322 e. The van der Waals surface area contributed by atoms with Crippen LogP contribution in [-0.4, -0.2) is 14.3 Å². The average molecular weight is 406 g/mol. The van der Waals surface area contributed by atoms with Gasteiger partial charge in [-0.1, -0.05) is 12.1 Å². The number of hydrogen-bond donors (Lipinski definition) is 2. The van der Waals surface area contributed by atoms with Gasteiger partial charge in [0.05, 0.1) is 16.1 Å². The van der Waals surface area contributed by atoms with Crippen LogP contribution < -0.4 is 10.0 Å². The summed E-state index contributed by atoms with van der Waals surface area (Å²) in [6.07, 6.45) is 0. The third-order valence-electron chi connectivity index (χ3n) is 3.72. The van der Waals surface area contributed by atoms with Crippen LogP contribution in [0.1, 0.15) is 10.4 Å². The van der Waals surface area contributed by atoms with Crippen molar-refractivity contribution in [3.8, 4) is 0 Å². The van der Waals surface area contributed by atoms with E-state index in [1.807, 2.05) is 0 Å². The number of carbonyl (C=O) groups is 1. The number of carbonyl (C=O) groups excluding carboxylic acids is 1. The first-order valence-electron chi connectivity index (χ1n) is 7.90. The van der Waals surface area contributed by atoms with Crippen molar-refractivity contribution < 1.29 is 26.4 Å². The molecule has 1 amide bonds. The molecule has 0 unspecified atom stereocenters. The van der Waals surface area contributed by atoms with Crippen LogP contribution in [0.15, 0.2) is 71.6 Å². The summed E-state index contributed by atoms with van der Waals surface area (Å²) in [5, 5.41) is 2.37. The van der Waals surface area contributed by atoms with Crippen molar-refractivity contribution in [2.75, 3.05) is 10.0 Å². The van der Waals surface area contributed by atoms with E-state index >= 15 is 0 Å². The van der Waals surface area contributed by atoms with E-state index in [1.165, 1.54) is 30.3 Å². The quantitative estimate of drug-likeness (QED) is 0.668. The monoisotopic (exact) mass is 406 g/mol. The van der Waals surface area contributed by atoms with Crippen LogP contribution in [0.5, 0.6) is 0 Å². The number of sulfonamides is 1. The Bertz CT molecular complexity index is 1130. The molecule has 0 fully saturated rings. The number of hydrogen-bond acceptors (Lipinski definition) is 3. The zero-order chi connectivity index (χ0) is 20.3. The fourth-order valence-electron chi connectivity index (χ4n) is 2.36. The molecule has 0 bridgehead atoms. The molecule has 28 heavy (non-hydrogen) atoms. The number of benzene rings is 3. The van der Waals surface area contributed by atoms with E-state index in [1.54, 1.807) is 0 Å². The lowest BCUT2D eigenvalue weighted by atomic mass is 10.1. The van der Waals surface area contributed by atoms with Gasteiger partial charge in [-0.25, -0.2) is 21.6 Å². The lowest BCUT2D eigenvalue weighted by Crippen LogP contribution is -2.18. The first kappa shape index (κ1) is 19.4. The van der Waals surface area contributed by atoms with Crippen LogP contribution >= 0.6 is 0 Å². The highest BCUT2D eigenvalue weighted by Crippen LogP contribution is 2.22. The molecule has 3 rings (SSSR count). The molecule has 0 atom stereocenters. The van der Waals surface area contributed by atoms with Gasteiger partial charge in [-0.05, 0) is 48.5 Å². The first-order valence-corrected chi connectivity index (χ1v) is 9.38. The van der Waals surface area contributed by atoms with Gasteiger partial charge in [0, 0.05) is 11.8 Å². The molecule has 0 aromatic heterocycles. The molecule has 0 aliphatic rings. The molecular formula is C19H13F3N2O3S. The third-order valence-corrected chi connectivity index (χ3v) is 5.10. The fourth-order valence-corrected chi connectivity index (χ4v) is 3.44. The Hall–Kier alpha value is -3.33. The van der Waals surface area contributed by atoms with Gasteiger partial charge in [0.2, 0.25) is 0 Å². The van der Waals surface area contributed by atoms with Gasteiger partial charge in [-0.3, -0.25) is 9.52 Å². The molecule has 0 saturated heterocycles. The molecule has 0 radical (unpaired) electrons. The highest BCUT2D eigenvalue weighted by Gasteiger charge is 2.19. The van der Waals surface area contributed by atoms with Gasteiger partial charge >= 0.3 is 0 Å². The molecule has 144 valence electrons. The molecule has 0 aliphatic heterocycles. The summed E-state index contributed by atoms with van der Waals surface area (Å²) in [5.41, 5.74) is -0.0788. The number of amides is 1. The number of nitrogens with one attached hydrogen (secondary N) is 2. The van der Waals surface area contributed by atoms with E-state index < -0.39 is 33.4 Å². The Morgan fingerprint density at radius 3 is 2.18 bits per heavy atom. The molecule has 3 aromatic rings. The summed E-state index contributed by atoms with van der Waals surface area (Å²) >= 11 is 0. The molecular weight excluding hydrogens is 393 g/mol. The summed E-state index contributed by atoms with van der Waals surface area (Å²) in [4.78, 5) is 12.3. The normalized spacial score (nSPS) is 11.1. The SMILES string of the molecule is O=C(Nc1ccc(F)c(F)c1)c1ccccc1NS(=O)(=O)c1ccc(F)cc1. The topological polar surface area (TPSA) is 75.3 Å². The Kier molecular flexibility index (Phi) is 5.36. The second kappa shape index (κ2) is 7.73. The minimum atomic E-state index is -4.08. The van der Waals surface area contributed by atoms with Gasteiger partial charge in [0.1, 0.15) is 5.82 Å². The summed E-state index contributed by atoms with van der Waals surface area (Å²) in [6, 6.07) is 12.7. The molecule has 3 aromatic carbocycles. The van der Waals surface area contributed by atoms with Gasteiger partial charge in [-0.15, -0.1) is 0 Å². The predicted octanol–water partition coefficient (Wildman–Crippen LogP) is 4.16. The van der Waals surface area contributed by atoms with E-state index in [0.717, 1.165) is 36.4 Å². The second-order valence-corrected chi connectivity index (χ2v) is 7.37. The third kappa shape index (κ3) is 4.32. The van der Waals surface area contributed by atoms with Crippen LogP contribution in [-0.2, 0) is 10.0 Å². The number of halogens is 3. The summed E-state index contributed by atoms with van der Waals surface area (Å²) in [7, 11) is -4.08. The summed E-state index contributed by atoms with van der Waals surface area (Å²) in [5.74, 6) is -3.53. The van der Waals surface area contributed by atoms with Crippen LogP contribution in [0.25, 0.3) is 0 Å². The van der Waals surface area contributed by atoms with Crippen molar-refractivity contribution >= 4 is 27.3 Å². The standard InChI is InChI=1S/C19H13F3N2O3S/c20-12-5-8-14(9-6-12)28(26,27)24-18-4-2-1-3-15(18)19(25)23-13-7-10-16(21)17(22)11-13/h1-11,24H,(H,23,25). The van der Waals surface area contributed by atoms with Crippen molar-refractivity contribution in [1.82, 2.24) is 0 Å². The fraction of sp³-hybridized carbons (Fsp3) is 0. The van der Waals surface area contributed by atoms with Gasteiger partial charge in [0.25, 0.3) is 15.9 Å². The van der Waals surface area contributed by atoms with Crippen molar-refractivity contribution in [3.05, 3.63) is 89.7 Å². The van der Waals surface area contributed by atoms with Crippen molar-refractivity contribution in [2.24, 2.45) is 0 Å². The Morgan fingerprint density at radius 2 is 1.50 bits per heavy atom.